The topological polar surface area (TPSA) is 29.9 Å². The molecule has 94 valence electrons. The van der Waals surface area contributed by atoms with E-state index in [0.717, 1.165) is 24.1 Å². The Morgan fingerprint density at radius 3 is 2.81 bits per heavy atom. The number of nitrogens with one attached hydrogen (secondary N) is 1. The van der Waals surface area contributed by atoms with Gasteiger partial charge in [0, 0.05) is 12.7 Å². The van der Waals surface area contributed by atoms with Crippen molar-refractivity contribution in [3.8, 4) is 0 Å². The Morgan fingerprint density at radius 1 is 1.44 bits per heavy atom. The van der Waals surface area contributed by atoms with Crippen LogP contribution in [-0.2, 0) is 6.54 Å². The van der Waals surface area contributed by atoms with Crippen molar-refractivity contribution in [1.82, 2.24) is 15.1 Å². The van der Waals surface area contributed by atoms with Gasteiger partial charge in [-0.05, 0) is 19.0 Å². The minimum atomic E-state index is -2.55. The molecule has 1 N–H and O–H groups in total. The number of rotatable bonds is 7. The molecule has 0 spiro atoms. The first-order valence-corrected chi connectivity index (χ1v) is 5.27. The number of nitrogens with zero attached hydrogens (tertiary/aromatic N) is 2. The van der Waals surface area contributed by atoms with Crippen molar-refractivity contribution < 1.29 is 8.78 Å². The number of hydrogen-bond acceptors (Lipinski definition) is 2. The molecule has 1 rings (SSSR count). The minimum absolute atomic E-state index is 0. The molecular weight excluding hydrogens is 236 g/mol. The van der Waals surface area contributed by atoms with Gasteiger partial charge in [-0.15, -0.1) is 12.4 Å². The predicted molar refractivity (Wildman–Crippen MR) is 62.0 cm³/mol. The molecule has 0 bridgehead atoms. The van der Waals surface area contributed by atoms with E-state index in [0.29, 0.717) is 12.2 Å². The van der Waals surface area contributed by atoms with Gasteiger partial charge in [-0.25, -0.2) is 4.68 Å². The second-order valence-electron chi connectivity index (χ2n) is 3.43. The second kappa shape index (κ2) is 8.47. The summed E-state index contributed by atoms with van der Waals surface area (Å²) in [5.74, 6) is 0. The van der Waals surface area contributed by atoms with E-state index in [1.54, 1.807) is 6.07 Å². The van der Waals surface area contributed by atoms with Gasteiger partial charge in [0.05, 0.1) is 5.69 Å². The number of aromatic nitrogens is 2. The van der Waals surface area contributed by atoms with Crippen molar-refractivity contribution in [1.29, 1.82) is 0 Å². The Labute approximate surface area is 101 Å². The SMILES string of the molecule is CCCCCNCc1ccnn1C(F)F.Cl. The lowest BCUT2D eigenvalue weighted by Gasteiger charge is -2.07. The zero-order valence-electron chi connectivity index (χ0n) is 9.33. The molecule has 6 heteroatoms. The second-order valence-corrected chi connectivity index (χ2v) is 3.43. The maximum atomic E-state index is 12.4. The third-order valence-corrected chi connectivity index (χ3v) is 2.20. The van der Waals surface area contributed by atoms with Crippen LogP contribution in [0, 0.1) is 0 Å². The first kappa shape index (κ1) is 15.3. The van der Waals surface area contributed by atoms with E-state index >= 15 is 0 Å². The predicted octanol–water partition coefficient (Wildman–Crippen LogP) is 2.98. The van der Waals surface area contributed by atoms with Gasteiger partial charge in [-0.1, -0.05) is 19.8 Å². The van der Waals surface area contributed by atoms with Crippen LogP contribution in [0.15, 0.2) is 12.3 Å². The quantitative estimate of drug-likeness (QED) is 0.757. The monoisotopic (exact) mass is 253 g/mol. The smallest absolute Gasteiger partial charge is 0.311 e. The van der Waals surface area contributed by atoms with E-state index in [-0.39, 0.29) is 12.4 Å². The molecule has 0 aliphatic heterocycles. The van der Waals surface area contributed by atoms with Crippen molar-refractivity contribution >= 4 is 12.4 Å². The summed E-state index contributed by atoms with van der Waals surface area (Å²) in [4.78, 5) is 0. The van der Waals surface area contributed by atoms with E-state index in [1.165, 1.54) is 12.6 Å². The van der Waals surface area contributed by atoms with Crippen molar-refractivity contribution in [2.45, 2.75) is 39.3 Å². The largest absolute Gasteiger partial charge is 0.333 e. The molecule has 1 aromatic heterocycles. The van der Waals surface area contributed by atoms with Gasteiger partial charge < -0.3 is 5.32 Å². The molecule has 0 aliphatic rings. The highest BCUT2D eigenvalue weighted by atomic mass is 35.5. The molecule has 3 nitrogen and oxygen atoms in total. The molecule has 16 heavy (non-hydrogen) atoms. The summed E-state index contributed by atoms with van der Waals surface area (Å²) in [6.45, 7) is 0.898. The van der Waals surface area contributed by atoms with Gasteiger partial charge in [0.2, 0.25) is 0 Å². The van der Waals surface area contributed by atoms with E-state index in [2.05, 4.69) is 17.3 Å². The summed E-state index contributed by atoms with van der Waals surface area (Å²) in [5, 5.41) is 6.68. The molecule has 1 heterocycles. The minimum Gasteiger partial charge on any atom is -0.311 e. The van der Waals surface area contributed by atoms with Gasteiger partial charge >= 0.3 is 6.55 Å². The molecule has 0 unspecified atom stereocenters. The summed E-state index contributed by atoms with van der Waals surface area (Å²) in [7, 11) is 0. The maximum absolute atomic E-state index is 12.4. The van der Waals surface area contributed by atoms with Crippen LogP contribution in [0.5, 0.6) is 0 Å². The average Bonchev–Trinajstić information content (AvgIpc) is 2.66. The van der Waals surface area contributed by atoms with Crippen LogP contribution in [0.4, 0.5) is 8.78 Å². The fourth-order valence-electron chi connectivity index (χ4n) is 1.37. The van der Waals surface area contributed by atoms with Crippen LogP contribution in [0.25, 0.3) is 0 Å². The van der Waals surface area contributed by atoms with Crippen LogP contribution >= 0.6 is 12.4 Å². The first-order valence-electron chi connectivity index (χ1n) is 5.27. The van der Waals surface area contributed by atoms with E-state index in [1.807, 2.05) is 0 Å². The Kier molecular flexibility index (Phi) is 8.11. The van der Waals surface area contributed by atoms with Gasteiger partial charge in [0.1, 0.15) is 0 Å². The van der Waals surface area contributed by atoms with Crippen molar-refractivity contribution in [2.24, 2.45) is 0 Å². The van der Waals surface area contributed by atoms with E-state index < -0.39 is 6.55 Å². The molecule has 0 aromatic carbocycles. The van der Waals surface area contributed by atoms with E-state index in [9.17, 15) is 8.78 Å². The molecule has 0 radical (unpaired) electrons. The molecule has 0 saturated carbocycles. The van der Waals surface area contributed by atoms with Crippen LogP contribution < -0.4 is 5.32 Å². The highest BCUT2D eigenvalue weighted by molar-refractivity contribution is 5.85. The fraction of sp³-hybridized carbons (Fsp3) is 0.700. The van der Waals surface area contributed by atoms with Gasteiger partial charge in [0.15, 0.2) is 0 Å². The zero-order valence-corrected chi connectivity index (χ0v) is 10.1. The lowest BCUT2D eigenvalue weighted by atomic mass is 10.2. The molecule has 1 aromatic rings. The van der Waals surface area contributed by atoms with Crippen LogP contribution in [0.1, 0.15) is 38.4 Å². The van der Waals surface area contributed by atoms with Crippen molar-refractivity contribution in [2.75, 3.05) is 6.54 Å². The molecule has 0 atom stereocenters. The Bertz CT molecular complexity index is 279. The van der Waals surface area contributed by atoms with E-state index in [4.69, 9.17) is 0 Å². The van der Waals surface area contributed by atoms with Crippen LogP contribution in [-0.4, -0.2) is 16.3 Å². The van der Waals surface area contributed by atoms with Crippen molar-refractivity contribution in [3.05, 3.63) is 18.0 Å². The number of unbranched alkanes of at least 4 members (excludes halogenated alkanes) is 2. The summed E-state index contributed by atoms with van der Waals surface area (Å²) in [6, 6.07) is 1.61. The maximum Gasteiger partial charge on any atom is 0.333 e. The molecule has 0 fully saturated rings. The molecular formula is C10H18ClF2N3. The highest BCUT2D eigenvalue weighted by Crippen LogP contribution is 2.11. The highest BCUT2D eigenvalue weighted by Gasteiger charge is 2.10. The number of halogens is 3. The lowest BCUT2D eigenvalue weighted by molar-refractivity contribution is 0.0531. The Hall–Kier alpha value is -0.680. The number of hydrogen-bond donors (Lipinski definition) is 1. The van der Waals surface area contributed by atoms with Crippen LogP contribution in [0.3, 0.4) is 0 Å². The van der Waals surface area contributed by atoms with Gasteiger partial charge in [-0.2, -0.15) is 13.9 Å². The Morgan fingerprint density at radius 2 is 2.19 bits per heavy atom. The van der Waals surface area contributed by atoms with Crippen molar-refractivity contribution in [3.63, 3.8) is 0 Å². The van der Waals surface area contributed by atoms with Gasteiger partial charge in [-0.3, -0.25) is 0 Å². The normalized spacial score (nSPS) is 10.5. The summed E-state index contributed by atoms with van der Waals surface area (Å²) < 4.78 is 25.5. The fourth-order valence-corrected chi connectivity index (χ4v) is 1.37. The first-order chi connectivity index (χ1) is 7.25. The standard InChI is InChI=1S/C10H17F2N3.ClH/c1-2-3-4-6-13-8-9-5-7-14-15(9)10(11)12;/h5,7,10,13H,2-4,6,8H2,1H3;1H. The van der Waals surface area contributed by atoms with Crippen LogP contribution in [0.2, 0.25) is 0 Å². The molecule has 0 aliphatic carbocycles. The molecule has 0 amide bonds. The van der Waals surface area contributed by atoms with Gasteiger partial charge in [0.25, 0.3) is 0 Å². The third-order valence-electron chi connectivity index (χ3n) is 2.20. The average molecular weight is 254 g/mol. The third kappa shape index (κ3) is 4.90. The Balaban J connectivity index is 0.00000225. The summed E-state index contributed by atoms with van der Waals surface area (Å²) >= 11 is 0. The summed E-state index contributed by atoms with van der Waals surface area (Å²) in [6.07, 6.45) is 4.81. The summed E-state index contributed by atoms with van der Waals surface area (Å²) in [5.41, 5.74) is 0.529. The zero-order chi connectivity index (χ0) is 11.1. The molecule has 0 saturated heterocycles. The lowest BCUT2D eigenvalue weighted by Crippen LogP contribution is -2.18. The number of alkyl halides is 2.